The third-order valence-electron chi connectivity index (χ3n) is 2.69. The highest BCUT2D eigenvalue weighted by Crippen LogP contribution is 2.07. The highest BCUT2D eigenvalue weighted by atomic mass is 19.5. The molecule has 0 heterocycles. The maximum Gasteiger partial charge on any atom is 0.673 e. The minimum absolute atomic E-state index is 0.764. The number of quaternary nitrogens is 1. The average molecular weight is 217 g/mol. The van der Waals surface area contributed by atoms with Crippen LogP contribution in [0.25, 0.3) is 0 Å². The van der Waals surface area contributed by atoms with E-state index in [1.807, 2.05) is 0 Å². The lowest BCUT2D eigenvalue weighted by Gasteiger charge is -2.36. The Bertz CT molecular complexity index is 137. The van der Waals surface area contributed by atoms with Gasteiger partial charge in [-0.25, -0.2) is 0 Å². The summed E-state index contributed by atoms with van der Waals surface area (Å²) in [5, 5.41) is 0. The molecule has 14 heavy (non-hydrogen) atoms. The Morgan fingerprint density at radius 2 is 1.21 bits per heavy atom. The van der Waals surface area contributed by atoms with Crippen molar-refractivity contribution in [3.8, 4) is 0 Å². The first-order chi connectivity index (χ1) is 6.06. The summed E-state index contributed by atoms with van der Waals surface area (Å²) >= 11 is 0. The molecule has 0 amide bonds. The zero-order valence-corrected chi connectivity index (χ0v) is 9.53. The number of halogens is 4. The lowest BCUT2D eigenvalue weighted by atomic mass is 10.2. The van der Waals surface area contributed by atoms with Gasteiger partial charge in [0.25, 0.3) is 0 Å². The molecular formula is C8H20BF4N. The number of hydrogen-bond acceptors (Lipinski definition) is 0. The molecule has 0 spiro atoms. The van der Waals surface area contributed by atoms with Crippen LogP contribution in [0.1, 0.15) is 27.7 Å². The van der Waals surface area contributed by atoms with E-state index in [9.17, 15) is 17.3 Å². The first-order valence-electron chi connectivity index (χ1n) is 4.78. The molecule has 0 aliphatic heterocycles. The molecule has 0 aliphatic rings. The van der Waals surface area contributed by atoms with Gasteiger partial charge in [0.2, 0.25) is 0 Å². The van der Waals surface area contributed by atoms with Gasteiger partial charge in [0.1, 0.15) is 0 Å². The maximum absolute atomic E-state index is 9.75. The quantitative estimate of drug-likeness (QED) is 0.387. The molecule has 0 aromatic carbocycles. The molecule has 0 aliphatic carbocycles. The van der Waals surface area contributed by atoms with Crippen molar-refractivity contribution in [2.75, 3.05) is 20.1 Å². The van der Waals surface area contributed by atoms with Crippen LogP contribution in [0.2, 0.25) is 0 Å². The summed E-state index contributed by atoms with van der Waals surface area (Å²) in [6.07, 6.45) is 0. The second-order valence-electron chi connectivity index (χ2n) is 3.70. The van der Waals surface area contributed by atoms with Gasteiger partial charge in [-0.1, -0.05) is 0 Å². The van der Waals surface area contributed by atoms with Crippen LogP contribution in [0, 0.1) is 0 Å². The molecule has 0 rings (SSSR count). The van der Waals surface area contributed by atoms with Crippen LogP contribution in [0.3, 0.4) is 0 Å². The van der Waals surface area contributed by atoms with E-state index in [0.717, 1.165) is 6.04 Å². The van der Waals surface area contributed by atoms with Gasteiger partial charge < -0.3 is 21.7 Å². The van der Waals surface area contributed by atoms with Gasteiger partial charge in [-0.15, -0.1) is 0 Å². The first kappa shape index (κ1) is 16.2. The van der Waals surface area contributed by atoms with Crippen LogP contribution in [0.4, 0.5) is 17.3 Å². The summed E-state index contributed by atoms with van der Waals surface area (Å²) in [5.74, 6) is 0. The standard InChI is InChI=1S/C8H20N.BF4/c1-6-9(5,7-2)8(3)4;2-1(3,4)5/h8H,6-7H2,1-5H3;/q+1;-1. The topological polar surface area (TPSA) is 0 Å². The lowest BCUT2D eigenvalue weighted by molar-refractivity contribution is -0.926. The second kappa shape index (κ2) is 6.27. The van der Waals surface area contributed by atoms with E-state index >= 15 is 0 Å². The summed E-state index contributed by atoms with van der Waals surface area (Å²) in [7, 11) is -3.69. The molecule has 0 fully saturated rings. The summed E-state index contributed by atoms with van der Waals surface area (Å²) in [6.45, 7) is 11.6. The maximum atomic E-state index is 9.75. The molecule has 0 saturated carbocycles. The zero-order chi connectivity index (χ0) is 12.0. The highest BCUT2D eigenvalue weighted by Gasteiger charge is 2.20. The van der Waals surface area contributed by atoms with Crippen molar-refractivity contribution in [3.63, 3.8) is 0 Å². The van der Waals surface area contributed by atoms with Crippen molar-refractivity contribution >= 4 is 7.25 Å². The van der Waals surface area contributed by atoms with E-state index in [1.54, 1.807) is 0 Å². The Hall–Kier alpha value is -0.255. The van der Waals surface area contributed by atoms with E-state index in [2.05, 4.69) is 34.7 Å². The molecule has 0 aromatic rings. The normalized spacial score (nSPS) is 12.4. The van der Waals surface area contributed by atoms with Gasteiger partial charge in [0.15, 0.2) is 0 Å². The minimum Gasteiger partial charge on any atom is -0.418 e. The second-order valence-corrected chi connectivity index (χ2v) is 3.70. The zero-order valence-electron chi connectivity index (χ0n) is 9.53. The SMILES string of the molecule is CC[N+](C)(CC)C(C)C.F[B-](F)(F)F. The van der Waals surface area contributed by atoms with E-state index < -0.39 is 7.25 Å². The highest BCUT2D eigenvalue weighted by molar-refractivity contribution is 6.50. The number of rotatable bonds is 3. The molecule has 6 heteroatoms. The Kier molecular flexibility index (Phi) is 7.25. The van der Waals surface area contributed by atoms with Crippen LogP contribution < -0.4 is 0 Å². The fourth-order valence-electron chi connectivity index (χ4n) is 0.954. The van der Waals surface area contributed by atoms with Crippen LogP contribution in [0.15, 0.2) is 0 Å². The third kappa shape index (κ3) is 9.83. The Morgan fingerprint density at radius 1 is 1.00 bits per heavy atom. The molecule has 0 aromatic heterocycles. The lowest BCUT2D eigenvalue weighted by Crippen LogP contribution is -2.49. The number of hydrogen-bond donors (Lipinski definition) is 0. The van der Waals surface area contributed by atoms with E-state index in [0.29, 0.717) is 0 Å². The van der Waals surface area contributed by atoms with Gasteiger partial charge in [-0.05, 0) is 27.7 Å². The Morgan fingerprint density at radius 3 is 1.21 bits per heavy atom. The molecule has 0 atom stereocenters. The van der Waals surface area contributed by atoms with Crippen molar-refractivity contribution in [1.82, 2.24) is 0 Å². The fourth-order valence-corrected chi connectivity index (χ4v) is 0.954. The monoisotopic (exact) mass is 217 g/mol. The predicted octanol–water partition coefficient (Wildman–Crippen LogP) is 3.18. The van der Waals surface area contributed by atoms with Crippen LogP contribution in [-0.4, -0.2) is 37.9 Å². The first-order valence-corrected chi connectivity index (χ1v) is 4.78. The van der Waals surface area contributed by atoms with Crippen LogP contribution in [-0.2, 0) is 0 Å². The average Bonchev–Trinajstić information content (AvgIpc) is 1.99. The molecule has 0 bridgehead atoms. The summed E-state index contributed by atoms with van der Waals surface area (Å²) in [6, 6.07) is 0.764. The molecule has 0 saturated heterocycles. The van der Waals surface area contributed by atoms with Crippen LogP contribution >= 0.6 is 0 Å². The predicted molar refractivity (Wildman–Crippen MR) is 52.6 cm³/mol. The van der Waals surface area contributed by atoms with Crippen molar-refractivity contribution in [1.29, 1.82) is 0 Å². The summed E-state index contributed by atoms with van der Waals surface area (Å²) < 4.78 is 40.2. The molecule has 1 nitrogen and oxygen atoms in total. The molecule has 88 valence electrons. The van der Waals surface area contributed by atoms with Gasteiger partial charge in [0, 0.05) is 0 Å². The van der Waals surface area contributed by atoms with Gasteiger partial charge in [-0.2, -0.15) is 0 Å². The van der Waals surface area contributed by atoms with Gasteiger partial charge >= 0.3 is 7.25 Å². The molecule has 0 radical (unpaired) electrons. The molecule has 0 unspecified atom stereocenters. The Labute approximate surface area is 83.8 Å². The summed E-state index contributed by atoms with van der Waals surface area (Å²) in [5.41, 5.74) is 0. The third-order valence-corrected chi connectivity index (χ3v) is 2.69. The minimum atomic E-state index is -6.00. The largest absolute Gasteiger partial charge is 0.673 e. The molecule has 0 N–H and O–H groups in total. The van der Waals surface area contributed by atoms with Crippen molar-refractivity contribution in [2.45, 2.75) is 33.7 Å². The molecular weight excluding hydrogens is 197 g/mol. The Balaban J connectivity index is 0. The fraction of sp³-hybridized carbons (Fsp3) is 1.00. The van der Waals surface area contributed by atoms with Crippen molar-refractivity contribution < 1.29 is 21.7 Å². The van der Waals surface area contributed by atoms with Crippen molar-refractivity contribution in [3.05, 3.63) is 0 Å². The van der Waals surface area contributed by atoms with E-state index in [-0.39, 0.29) is 0 Å². The summed E-state index contributed by atoms with van der Waals surface area (Å²) in [4.78, 5) is 0. The number of nitrogens with zero attached hydrogens (tertiary/aromatic N) is 1. The van der Waals surface area contributed by atoms with Gasteiger partial charge in [0.05, 0.1) is 26.2 Å². The smallest absolute Gasteiger partial charge is 0.418 e. The van der Waals surface area contributed by atoms with Crippen LogP contribution in [0.5, 0.6) is 0 Å². The van der Waals surface area contributed by atoms with E-state index in [1.165, 1.54) is 17.6 Å². The van der Waals surface area contributed by atoms with Crippen molar-refractivity contribution in [2.24, 2.45) is 0 Å². The van der Waals surface area contributed by atoms with Gasteiger partial charge in [-0.3, -0.25) is 0 Å². The van der Waals surface area contributed by atoms with E-state index in [4.69, 9.17) is 0 Å².